The number of aromatic nitrogens is 3. The van der Waals surface area contributed by atoms with Gasteiger partial charge in [-0.3, -0.25) is 14.3 Å². The van der Waals surface area contributed by atoms with Crippen molar-refractivity contribution in [1.29, 1.82) is 0 Å². The summed E-state index contributed by atoms with van der Waals surface area (Å²) < 4.78 is 45.2. The van der Waals surface area contributed by atoms with E-state index in [-0.39, 0.29) is 43.3 Å². The summed E-state index contributed by atoms with van der Waals surface area (Å²) in [5, 5.41) is 6.26. The van der Waals surface area contributed by atoms with Gasteiger partial charge >= 0.3 is 10.2 Å². The van der Waals surface area contributed by atoms with Crippen LogP contribution in [0.15, 0.2) is 42.6 Å². The molecular weight excluding hydrogens is 725 g/mol. The first-order valence-electron chi connectivity index (χ1n) is 19.1. The van der Waals surface area contributed by atoms with Crippen LogP contribution in [0.4, 0.5) is 0 Å². The van der Waals surface area contributed by atoms with E-state index < -0.39 is 16.1 Å². The molecule has 6 heterocycles. The molecule has 1 unspecified atom stereocenters. The van der Waals surface area contributed by atoms with Crippen molar-refractivity contribution in [3.8, 4) is 17.0 Å². The molecule has 3 saturated heterocycles. The molecule has 3 atom stereocenters. The molecule has 2 saturated carbocycles. The van der Waals surface area contributed by atoms with Gasteiger partial charge in [0.05, 0.1) is 61.6 Å². The van der Waals surface area contributed by atoms with Crippen molar-refractivity contribution in [2.45, 2.75) is 74.2 Å². The number of carbonyl (C=O) groups is 2. The van der Waals surface area contributed by atoms with Crippen molar-refractivity contribution in [1.82, 2.24) is 28.3 Å². The largest absolute Gasteiger partial charge is 0.497 e. The number of allylic oxidation sites excluding steroid dienone is 1. The number of fused-ring (bicyclic) bond motifs is 5. The van der Waals surface area contributed by atoms with Gasteiger partial charge in [0.2, 0.25) is 0 Å². The summed E-state index contributed by atoms with van der Waals surface area (Å²) in [5.41, 5.74) is 7.79. The average molecular weight is 769 g/mol. The first-order valence-corrected chi connectivity index (χ1v) is 21.6. The Bertz CT molecular complexity index is 2370. The molecule has 4 aliphatic heterocycles. The lowest BCUT2D eigenvalue weighted by atomic mass is 9.81. The Kier molecular flexibility index (Phi) is 8.10. The molecule has 2 amide bonds. The highest BCUT2D eigenvalue weighted by atomic mass is 32.2. The number of nitrogens with one attached hydrogen (secondary N) is 1. The molecule has 6 aliphatic rings. The van der Waals surface area contributed by atoms with Crippen molar-refractivity contribution in [3.63, 3.8) is 0 Å². The third-order valence-corrected chi connectivity index (χ3v) is 15.9. The zero-order valence-electron chi connectivity index (χ0n) is 30.5. The molecule has 1 spiro atoms. The molecule has 14 heteroatoms. The Morgan fingerprint density at radius 2 is 1.85 bits per heavy atom. The number of hydrogen-bond acceptors (Lipinski definition) is 8. The first-order chi connectivity index (χ1) is 26.2. The quantitative estimate of drug-likeness (QED) is 0.247. The Labute approximate surface area is 319 Å². The number of ether oxygens (including phenoxy) is 2. The van der Waals surface area contributed by atoms with Gasteiger partial charge in [-0.25, -0.2) is 4.72 Å². The number of aryl methyl sites for hydroxylation is 1. The average Bonchev–Trinajstić information content (AvgIpc) is 3.51. The van der Waals surface area contributed by atoms with E-state index in [0.717, 1.165) is 82.6 Å². The van der Waals surface area contributed by atoms with Crippen LogP contribution in [0.1, 0.15) is 88.4 Å². The standard InChI is InChI=1S/C40H44N6O6S2/c1-43-36(31(21-41-43)39(48)46-33-23-53-34-12-13-40(33,34)46)27-18-26-19-28(51-2)9-11-29(26)37-35(24-6-4-3-5-7-24)30-10-8-25(20-32(30)45(37)22-27)38(47)42-54(49,50)44-14-16-52-17-15-44/h8-11,18-21,24,33-34H,3-7,12-17,22-23H2,1-2H3,(H,42,47)/t33-,34+,40?,46?/m0/s1. The monoisotopic (exact) mass is 768 g/mol. The Morgan fingerprint density at radius 3 is 2.59 bits per heavy atom. The van der Waals surface area contributed by atoms with Crippen molar-refractivity contribution in [2.75, 3.05) is 39.2 Å². The SMILES string of the molecule is COc1ccc2c(c1)C=C(c1c(C(=O)N3[C@H]4CS[C@@H]5CCC453)cnn1C)Cn1c-2c(C2CCCCC2)c2ccc(C(=O)NS(=O)(=O)N3CCOCC3)cc21. The topological polar surface area (TPSA) is 128 Å². The van der Waals surface area contributed by atoms with Crippen molar-refractivity contribution < 1.29 is 27.5 Å². The van der Waals surface area contributed by atoms with Gasteiger partial charge in [-0.15, -0.1) is 0 Å². The zero-order chi connectivity index (χ0) is 36.9. The fraction of sp³-hybridized carbons (Fsp3) is 0.475. The molecule has 2 aliphatic carbocycles. The molecule has 54 heavy (non-hydrogen) atoms. The lowest BCUT2D eigenvalue weighted by molar-refractivity contribution is 0.0719. The summed E-state index contributed by atoms with van der Waals surface area (Å²) in [6.07, 6.45) is 11.8. The number of rotatable bonds is 7. The first kappa shape index (κ1) is 34.4. The van der Waals surface area contributed by atoms with E-state index in [0.29, 0.717) is 29.3 Å². The predicted molar refractivity (Wildman–Crippen MR) is 208 cm³/mol. The number of carbonyl (C=O) groups excluding carboxylic acids is 2. The van der Waals surface area contributed by atoms with Gasteiger partial charge in [-0.1, -0.05) is 25.3 Å². The van der Waals surface area contributed by atoms with Crippen LogP contribution in [0.25, 0.3) is 33.8 Å². The number of nitrogens with zero attached hydrogens (tertiary/aromatic N) is 5. The maximum Gasteiger partial charge on any atom is 0.304 e. The van der Waals surface area contributed by atoms with Crippen LogP contribution >= 0.6 is 11.8 Å². The molecule has 2 aromatic heterocycles. The number of methoxy groups -OCH3 is 1. The lowest BCUT2D eigenvalue weighted by Crippen LogP contribution is -2.48. The van der Waals surface area contributed by atoms with Gasteiger partial charge in [-0.2, -0.15) is 29.6 Å². The maximum absolute atomic E-state index is 14.4. The molecule has 2 aromatic carbocycles. The molecule has 0 radical (unpaired) electrons. The molecule has 282 valence electrons. The minimum absolute atomic E-state index is 0.0115. The minimum atomic E-state index is -4.05. The van der Waals surface area contributed by atoms with E-state index in [9.17, 15) is 18.0 Å². The highest BCUT2D eigenvalue weighted by Crippen LogP contribution is 2.66. The molecule has 10 rings (SSSR count). The highest BCUT2D eigenvalue weighted by molar-refractivity contribution is 8.00. The molecule has 5 fully saturated rings. The molecular formula is C40H44N6O6S2. The Balaban J connectivity index is 1.12. The van der Waals surface area contributed by atoms with E-state index in [1.54, 1.807) is 19.4 Å². The van der Waals surface area contributed by atoms with Crippen molar-refractivity contribution in [3.05, 3.63) is 70.5 Å². The van der Waals surface area contributed by atoms with Crippen molar-refractivity contribution >= 4 is 56.3 Å². The second kappa shape index (κ2) is 12.7. The fourth-order valence-corrected chi connectivity index (χ4v) is 13.0. The van der Waals surface area contributed by atoms with Gasteiger partial charge in [0.1, 0.15) is 5.75 Å². The molecule has 0 bridgehead atoms. The number of benzene rings is 2. The van der Waals surface area contributed by atoms with Gasteiger partial charge in [0.25, 0.3) is 11.8 Å². The van der Waals surface area contributed by atoms with Crippen LogP contribution in [-0.2, 0) is 28.5 Å². The smallest absolute Gasteiger partial charge is 0.304 e. The van der Waals surface area contributed by atoms with Gasteiger partial charge in [0, 0.05) is 53.2 Å². The van der Waals surface area contributed by atoms with Crippen LogP contribution in [0.3, 0.4) is 0 Å². The third-order valence-electron chi connectivity index (χ3n) is 12.9. The third kappa shape index (κ3) is 5.16. The Hall–Kier alpha value is -4.11. The molecule has 12 nitrogen and oxygen atoms in total. The normalized spacial score (nSPS) is 25.1. The fourth-order valence-electron chi connectivity index (χ4n) is 10.1. The number of morpholine rings is 1. The minimum Gasteiger partial charge on any atom is -0.497 e. The summed E-state index contributed by atoms with van der Waals surface area (Å²) in [7, 11) is -0.488. The van der Waals surface area contributed by atoms with Gasteiger partial charge in [0.15, 0.2) is 0 Å². The van der Waals surface area contributed by atoms with E-state index in [2.05, 4.69) is 37.5 Å². The molecule has 4 aromatic rings. The predicted octanol–water partition coefficient (Wildman–Crippen LogP) is 5.43. The highest BCUT2D eigenvalue weighted by Gasteiger charge is 2.76. The summed E-state index contributed by atoms with van der Waals surface area (Å²) >= 11 is 2.00. The van der Waals surface area contributed by atoms with Gasteiger partial charge < -0.3 is 18.9 Å². The van der Waals surface area contributed by atoms with Crippen LogP contribution in [0, 0.1) is 0 Å². The van der Waals surface area contributed by atoms with E-state index >= 15 is 0 Å². The van der Waals surface area contributed by atoms with E-state index in [1.165, 1.54) is 22.7 Å². The van der Waals surface area contributed by atoms with E-state index in [1.807, 2.05) is 41.7 Å². The number of hydrogen-bond donors (Lipinski definition) is 1. The number of amides is 2. The van der Waals surface area contributed by atoms with Crippen LogP contribution in [0.5, 0.6) is 5.75 Å². The van der Waals surface area contributed by atoms with E-state index in [4.69, 9.17) is 9.47 Å². The molecule has 1 N–H and O–H groups in total. The van der Waals surface area contributed by atoms with Crippen LogP contribution in [0.2, 0.25) is 0 Å². The maximum atomic E-state index is 14.4. The summed E-state index contributed by atoms with van der Waals surface area (Å²) in [5.74, 6) is 1.42. The van der Waals surface area contributed by atoms with Crippen molar-refractivity contribution in [2.24, 2.45) is 7.05 Å². The number of thioether (sulfide) groups is 1. The van der Waals surface area contributed by atoms with Gasteiger partial charge in [-0.05, 0) is 84.7 Å². The second-order valence-electron chi connectivity index (χ2n) is 15.6. The second-order valence-corrected chi connectivity index (χ2v) is 18.5. The summed E-state index contributed by atoms with van der Waals surface area (Å²) in [6, 6.07) is 12.0. The summed E-state index contributed by atoms with van der Waals surface area (Å²) in [4.78, 5) is 30.3. The van der Waals surface area contributed by atoms with Crippen LogP contribution < -0.4 is 9.46 Å². The van der Waals surface area contributed by atoms with Crippen LogP contribution in [-0.4, -0.2) is 99.8 Å². The zero-order valence-corrected chi connectivity index (χ0v) is 32.2. The Morgan fingerprint density at radius 1 is 1.04 bits per heavy atom. The lowest BCUT2D eigenvalue weighted by Gasteiger charge is -2.34. The summed E-state index contributed by atoms with van der Waals surface area (Å²) in [6.45, 7) is 1.37.